The number of carbonyl (C=O) groups is 1. The molecular weight excluding hydrogens is 495 g/mol. The Morgan fingerprint density at radius 1 is 1.10 bits per heavy atom. The van der Waals surface area contributed by atoms with Crippen molar-refractivity contribution in [2.24, 2.45) is 10.4 Å². The van der Waals surface area contributed by atoms with E-state index in [0.717, 1.165) is 43.9 Å². The molecule has 0 spiro atoms. The molecule has 0 aliphatic carbocycles. The first kappa shape index (κ1) is 28.5. The van der Waals surface area contributed by atoms with E-state index in [1.807, 2.05) is 38.1 Å². The Balaban J connectivity index is 0.00000841. The summed E-state index contributed by atoms with van der Waals surface area (Å²) in [5, 5.41) is 18.8. The van der Waals surface area contributed by atoms with Crippen LogP contribution in [0.2, 0.25) is 0 Å². The van der Waals surface area contributed by atoms with E-state index in [1.54, 1.807) is 0 Å². The third-order valence-electron chi connectivity index (χ3n) is 5.18. The van der Waals surface area contributed by atoms with E-state index in [2.05, 4.69) is 34.8 Å². The van der Waals surface area contributed by atoms with Gasteiger partial charge in [0.05, 0.1) is 6.54 Å². The van der Waals surface area contributed by atoms with Crippen molar-refractivity contribution in [1.29, 1.82) is 0 Å². The van der Waals surface area contributed by atoms with Crippen LogP contribution in [0.5, 0.6) is 5.75 Å². The molecule has 1 aromatic carbocycles. The summed E-state index contributed by atoms with van der Waals surface area (Å²) in [6.07, 6.45) is 2.78. The number of guanidine groups is 1. The summed E-state index contributed by atoms with van der Waals surface area (Å²) >= 11 is 0. The van der Waals surface area contributed by atoms with Gasteiger partial charge in [-0.3, -0.25) is 4.79 Å². The maximum absolute atomic E-state index is 11.5. The average Bonchev–Trinajstić information content (AvgIpc) is 2.74. The molecule has 0 fully saturated rings. The zero-order valence-electron chi connectivity index (χ0n) is 18.8. The van der Waals surface area contributed by atoms with Gasteiger partial charge in [0, 0.05) is 26.2 Å². The van der Waals surface area contributed by atoms with Crippen LogP contribution in [0.1, 0.15) is 52.5 Å². The number of halogens is 1. The summed E-state index contributed by atoms with van der Waals surface area (Å²) < 4.78 is 5.55. The third-order valence-corrected chi connectivity index (χ3v) is 5.18. The van der Waals surface area contributed by atoms with Crippen LogP contribution in [0, 0.1) is 5.41 Å². The number of ether oxygens (including phenoxy) is 1. The second-order valence-electron chi connectivity index (χ2n) is 7.12. The smallest absolute Gasteiger partial charge is 0.257 e. The molecule has 4 N–H and O–H groups in total. The van der Waals surface area contributed by atoms with Gasteiger partial charge < -0.3 is 25.8 Å². The lowest BCUT2D eigenvalue weighted by molar-refractivity contribution is -0.122. The molecule has 172 valence electrons. The highest BCUT2D eigenvalue weighted by atomic mass is 127. The number of amides is 1. The molecule has 30 heavy (non-hydrogen) atoms. The van der Waals surface area contributed by atoms with Gasteiger partial charge in [-0.05, 0) is 56.2 Å². The number of aliphatic hydroxyl groups is 1. The second kappa shape index (κ2) is 16.2. The quantitative estimate of drug-likeness (QED) is 0.177. The predicted molar refractivity (Wildman–Crippen MR) is 134 cm³/mol. The maximum atomic E-state index is 11.5. The first-order valence-electron chi connectivity index (χ1n) is 10.6. The van der Waals surface area contributed by atoms with Crippen LogP contribution in [0.3, 0.4) is 0 Å². The number of aliphatic imine (C=N–C) groups is 1. The number of nitrogens with one attached hydrogen (secondary N) is 3. The van der Waals surface area contributed by atoms with E-state index < -0.39 is 0 Å². The van der Waals surface area contributed by atoms with Gasteiger partial charge in [-0.1, -0.05) is 26.0 Å². The molecule has 1 aromatic rings. The molecule has 0 radical (unpaired) electrons. The third kappa shape index (κ3) is 10.5. The van der Waals surface area contributed by atoms with Gasteiger partial charge in [0.15, 0.2) is 12.6 Å². The summed E-state index contributed by atoms with van der Waals surface area (Å²) in [7, 11) is 0. The van der Waals surface area contributed by atoms with E-state index in [4.69, 9.17) is 4.74 Å². The maximum Gasteiger partial charge on any atom is 0.257 e. The minimum absolute atomic E-state index is 0. The first-order chi connectivity index (χ1) is 14.0. The predicted octanol–water partition coefficient (Wildman–Crippen LogP) is 3.06. The van der Waals surface area contributed by atoms with Gasteiger partial charge in [0.25, 0.3) is 5.91 Å². The van der Waals surface area contributed by atoms with E-state index in [1.165, 1.54) is 0 Å². The number of benzene rings is 1. The largest absolute Gasteiger partial charge is 0.484 e. The molecule has 0 aliphatic heterocycles. The molecule has 0 atom stereocenters. The molecule has 7 nitrogen and oxygen atoms in total. The second-order valence-corrected chi connectivity index (χ2v) is 7.12. The minimum atomic E-state index is -0.132. The topological polar surface area (TPSA) is 95.0 Å². The van der Waals surface area contributed by atoms with Crippen molar-refractivity contribution in [3.8, 4) is 5.75 Å². The van der Waals surface area contributed by atoms with Crippen molar-refractivity contribution in [3.05, 3.63) is 29.8 Å². The van der Waals surface area contributed by atoms with Gasteiger partial charge in [-0.15, -0.1) is 24.0 Å². The van der Waals surface area contributed by atoms with Gasteiger partial charge in [-0.2, -0.15) is 0 Å². The number of nitrogens with zero attached hydrogens (tertiary/aromatic N) is 1. The number of hydrogen-bond acceptors (Lipinski definition) is 4. The van der Waals surface area contributed by atoms with Gasteiger partial charge >= 0.3 is 0 Å². The van der Waals surface area contributed by atoms with Crippen LogP contribution < -0.4 is 20.7 Å². The Labute approximate surface area is 198 Å². The van der Waals surface area contributed by atoms with Crippen LogP contribution in [0.4, 0.5) is 0 Å². The van der Waals surface area contributed by atoms with Crippen LogP contribution in [0.15, 0.2) is 29.3 Å². The number of likely N-dealkylation sites (N-methyl/N-ethyl adjacent to an activating group) is 1. The SMILES string of the molecule is CCNC(=O)COc1cccc(CN=C(NCC)NCC(CC)(CC)CCO)c1.I. The van der Waals surface area contributed by atoms with Crippen molar-refractivity contribution in [2.45, 2.75) is 53.5 Å². The van der Waals surface area contributed by atoms with Gasteiger partial charge in [-0.25, -0.2) is 4.99 Å². The van der Waals surface area contributed by atoms with Crippen LogP contribution in [-0.4, -0.2) is 49.8 Å². The molecule has 0 unspecified atom stereocenters. The fourth-order valence-corrected chi connectivity index (χ4v) is 3.09. The minimum Gasteiger partial charge on any atom is -0.484 e. The highest BCUT2D eigenvalue weighted by molar-refractivity contribution is 14.0. The normalized spacial score (nSPS) is 11.4. The van der Waals surface area contributed by atoms with Crippen LogP contribution >= 0.6 is 24.0 Å². The zero-order chi connectivity index (χ0) is 21.5. The molecule has 0 bridgehead atoms. The van der Waals surface area contributed by atoms with Crippen molar-refractivity contribution in [3.63, 3.8) is 0 Å². The zero-order valence-corrected chi connectivity index (χ0v) is 21.1. The lowest BCUT2D eigenvalue weighted by Gasteiger charge is -2.32. The molecule has 8 heteroatoms. The summed E-state index contributed by atoms with van der Waals surface area (Å²) in [5.74, 6) is 1.28. The molecule has 0 saturated carbocycles. The van der Waals surface area contributed by atoms with E-state index in [-0.39, 0.29) is 48.5 Å². The highest BCUT2D eigenvalue weighted by Gasteiger charge is 2.25. The molecule has 0 saturated heterocycles. The lowest BCUT2D eigenvalue weighted by Crippen LogP contribution is -2.43. The van der Waals surface area contributed by atoms with Crippen LogP contribution in [-0.2, 0) is 11.3 Å². The molecule has 0 heterocycles. The standard InChI is InChI=1S/C22H38N4O3.HI/c1-5-22(6-2,12-13-27)17-26-21(24-8-4)25-15-18-10-9-11-19(14-18)29-16-20(28)23-7-3;/h9-11,14,27H,5-8,12-13,15-17H2,1-4H3,(H,23,28)(H2,24,25,26);1H. The summed E-state index contributed by atoms with van der Waals surface area (Å²) in [5.41, 5.74) is 1.07. The first-order valence-corrected chi connectivity index (χ1v) is 10.6. The molecule has 0 aliphatic rings. The Morgan fingerprint density at radius 3 is 2.40 bits per heavy atom. The molecule has 1 rings (SSSR count). The van der Waals surface area contributed by atoms with Crippen LogP contribution in [0.25, 0.3) is 0 Å². The van der Waals surface area contributed by atoms with E-state index in [9.17, 15) is 9.90 Å². The van der Waals surface area contributed by atoms with Crippen molar-refractivity contribution in [1.82, 2.24) is 16.0 Å². The fourth-order valence-electron chi connectivity index (χ4n) is 3.09. The van der Waals surface area contributed by atoms with Crippen molar-refractivity contribution < 1.29 is 14.6 Å². The lowest BCUT2D eigenvalue weighted by atomic mass is 9.79. The van der Waals surface area contributed by atoms with Crippen molar-refractivity contribution >= 4 is 35.8 Å². The van der Waals surface area contributed by atoms with E-state index >= 15 is 0 Å². The Bertz CT molecular complexity index is 637. The molecular formula is C22H39IN4O3. The summed E-state index contributed by atoms with van der Waals surface area (Å²) in [4.78, 5) is 16.2. The Kier molecular flexibility index (Phi) is 15.3. The monoisotopic (exact) mass is 534 g/mol. The van der Waals surface area contributed by atoms with Crippen molar-refractivity contribution in [2.75, 3.05) is 32.8 Å². The number of carbonyl (C=O) groups excluding carboxylic acids is 1. The number of hydrogen-bond donors (Lipinski definition) is 4. The average molecular weight is 534 g/mol. The van der Waals surface area contributed by atoms with Gasteiger partial charge in [0.1, 0.15) is 5.75 Å². The Morgan fingerprint density at radius 2 is 1.80 bits per heavy atom. The fraction of sp³-hybridized carbons (Fsp3) is 0.636. The Hall–Kier alpha value is -1.55. The van der Waals surface area contributed by atoms with E-state index in [0.29, 0.717) is 18.8 Å². The summed E-state index contributed by atoms with van der Waals surface area (Å²) in [6, 6.07) is 7.63. The highest BCUT2D eigenvalue weighted by Crippen LogP contribution is 2.29. The number of aliphatic hydroxyl groups excluding tert-OH is 1. The van der Waals surface area contributed by atoms with Gasteiger partial charge in [0.2, 0.25) is 0 Å². The summed E-state index contributed by atoms with van der Waals surface area (Å²) in [6.45, 7) is 11.1. The molecule has 0 aromatic heterocycles. The number of rotatable bonds is 13. The molecule has 1 amide bonds.